The molecular formula is C20H24BrNO5. The van der Waals surface area contributed by atoms with Crippen LogP contribution in [0.15, 0.2) is 34.8 Å². The van der Waals surface area contributed by atoms with Crippen molar-refractivity contribution in [2.45, 2.75) is 33.0 Å². The molecule has 0 saturated heterocycles. The van der Waals surface area contributed by atoms with Gasteiger partial charge in [-0.3, -0.25) is 4.79 Å². The second-order valence-electron chi connectivity index (χ2n) is 6.06. The SMILES string of the molecule is COc1cc(OCc2cccc(Br)c2C)cc(OC)c1CN[C@H](C)C(=O)O. The maximum Gasteiger partial charge on any atom is 0.320 e. The monoisotopic (exact) mass is 437 g/mol. The average molecular weight is 438 g/mol. The number of hydrogen-bond donors (Lipinski definition) is 2. The number of benzene rings is 2. The summed E-state index contributed by atoms with van der Waals surface area (Å²) in [5, 5.41) is 12.0. The predicted octanol–water partition coefficient (Wildman–Crippen LogP) is 3.92. The van der Waals surface area contributed by atoms with Crippen molar-refractivity contribution in [3.05, 3.63) is 51.5 Å². The third-order valence-electron chi connectivity index (χ3n) is 4.31. The molecule has 0 aliphatic heterocycles. The van der Waals surface area contributed by atoms with E-state index in [2.05, 4.69) is 21.2 Å². The summed E-state index contributed by atoms with van der Waals surface area (Å²) in [6.45, 7) is 4.32. The van der Waals surface area contributed by atoms with E-state index >= 15 is 0 Å². The van der Waals surface area contributed by atoms with Crippen molar-refractivity contribution in [2.24, 2.45) is 0 Å². The van der Waals surface area contributed by atoms with Gasteiger partial charge in [-0.05, 0) is 31.0 Å². The van der Waals surface area contributed by atoms with Gasteiger partial charge in [0.05, 0.1) is 19.8 Å². The molecule has 146 valence electrons. The molecule has 2 rings (SSSR count). The van der Waals surface area contributed by atoms with Gasteiger partial charge < -0.3 is 24.6 Å². The Hall–Kier alpha value is -2.25. The highest BCUT2D eigenvalue weighted by molar-refractivity contribution is 9.10. The van der Waals surface area contributed by atoms with E-state index in [9.17, 15) is 4.79 Å². The number of rotatable bonds is 9. The van der Waals surface area contributed by atoms with Crippen LogP contribution in [0.5, 0.6) is 17.2 Å². The number of halogens is 1. The van der Waals surface area contributed by atoms with E-state index in [0.717, 1.165) is 21.2 Å². The highest BCUT2D eigenvalue weighted by Crippen LogP contribution is 2.34. The molecule has 7 heteroatoms. The van der Waals surface area contributed by atoms with Crippen molar-refractivity contribution in [3.63, 3.8) is 0 Å². The van der Waals surface area contributed by atoms with Crippen LogP contribution in [0.25, 0.3) is 0 Å². The van der Waals surface area contributed by atoms with Crippen LogP contribution < -0.4 is 19.5 Å². The molecule has 2 N–H and O–H groups in total. The number of aliphatic carboxylic acids is 1. The molecule has 0 unspecified atom stereocenters. The molecule has 6 nitrogen and oxygen atoms in total. The molecule has 0 radical (unpaired) electrons. The van der Waals surface area contributed by atoms with Gasteiger partial charge in [0.15, 0.2) is 0 Å². The van der Waals surface area contributed by atoms with Gasteiger partial charge >= 0.3 is 5.97 Å². The molecule has 0 fully saturated rings. The molecule has 0 aliphatic carbocycles. The number of ether oxygens (including phenoxy) is 3. The Morgan fingerprint density at radius 2 is 1.85 bits per heavy atom. The van der Waals surface area contributed by atoms with Gasteiger partial charge in [-0.25, -0.2) is 0 Å². The number of carboxylic acid groups (broad SMARTS) is 1. The number of carboxylic acids is 1. The first-order valence-electron chi connectivity index (χ1n) is 8.45. The van der Waals surface area contributed by atoms with Crippen molar-refractivity contribution in [2.75, 3.05) is 14.2 Å². The van der Waals surface area contributed by atoms with Crippen LogP contribution in [0.4, 0.5) is 0 Å². The lowest BCUT2D eigenvalue weighted by molar-refractivity contribution is -0.139. The highest BCUT2D eigenvalue weighted by atomic mass is 79.9. The second-order valence-corrected chi connectivity index (χ2v) is 6.91. The van der Waals surface area contributed by atoms with Crippen molar-refractivity contribution in [3.8, 4) is 17.2 Å². The Morgan fingerprint density at radius 3 is 2.41 bits per heavy atom. The van der Waals surface area contributed by atoms with Gasteiger partial charge in [0.2, 0.25) is 0 Å². The third kappa shape index (κ3) is 5.37. The molecule has 0 amide bonds. The summed E-state index contributed by atoms with van der Waals surface area (Å²) in [5.74, 6) is 0.830. The van der Waals surface area contributed by atoms with Crippen molar-refractivity contribution < 1.29 is 24.1 Å². The molecule has 0 aromatic heterocycles. The minimum Gasteiger partial charge on any atom is -0.496 e. The molecule has 1 atom stereocenters. The van der Waals surface area contributed by atoms with E-state index in [1.165, 1.54) is 0 Å². The van der Waals surface area contributed by atoms with E-state index in [1.807, 2.05) is 25.1 Å². The van der Waals surface area contributed by atoms with Crippen molar-refractivity contribution >= 4 is 21.9 Å². The van der Waals surface area contributed by atoms with Crippen LogP contribution in [0.3, 0.4) is 0 Å². The lowest BCUT2D eigenvalue weighted by Gasteiger charge is -2.18. The molecule has 0 bridgehead atoms. The molecule has 2 aromatic rings. The van der Waals surface area contributed by atoms with Gasteiger partial charge in [0.25, 0.3) is 0 Å². The molecule has 0 spiro atoms. The molecule has 0 heterocycles. The summed E-state index contributed by atoms with van der Waals surface area (Å²) in [5.41, 5.74) is 2.93. The molecule has 27 heavy (non-hydrogen) atoms. The summed E-state index contributed by atoms with van der Waals surface area (Å²) >= 11 is 3.52. The van der Waals surface area contributed by atoms with E-state index in [1.54, 1.807) is 33.3 Å². The Labute approximate surface area is 167 Å². The Balaban J connectivity index is 2.21. The van der Waals surface area contributed by atoms with Crippen LogP contribution in [0, 0.1) is 6.92 Å². The van der Waals surface area contributed by atoms with Gasteiger partial charge in [0.1, 0.15) is 29.9 Å². The van der Waals surface area contributed by atoms with E-state index in [-0.39, 0.29) is 0 Å². The summed E-state index contributed by atoms with van der Waals surface area (Å²) in [6.07, 6.45) is 0. The quantitative estimate of drug-likeness (QED) is 0.618. The predicted molar refractivity (Wildman–Crippen MR) is 107 cm³/mol. The largest absolute Gasteiger partial charge is 0.496 e. The lowest BCUT2D eigenvalue weighted by atomic mass is 10.1. The molecule has 2 aromatic carbocycles. The molecule has 0 saturated carbocycles. The van der Waals surface area contributed by atoms with Crippen LogP contribution in [-0.2, 0) is 17.9 Å². The zero-order chi connectivity index (χ0) is 20.0. The maximum atomic E-state index is 11.0. The first kappa shape index (κ1) is 21.1. The summed E-state index contributed by atoms with van der Waals surface area (Å²) < 4.78 is 17.9. The second kappa shape index (κ2) is 9.62. The van der Waals surface area contributed by atoms with E-state index in [0.29, 0.717) is 30.4 Å². The third-order valence-corrected chi connectivity index (χ3v) is 5.17. The molecular weight excluding hydrogens is 414 g/mol. The fourth-order valence-electron chi connectivity index (χ4n) is 2.53. The van der Waals surface area contributed by atoms with E-state index < -0.39 is 12.0 Å². The summed E-state index contributed by atoms with van der Waals surface area (Å²) in [6, 6.07) is 8.84. The number of hydrogen-bond acceptors (Lipinski definition) is 5. The van der Waals surface area contributed by atoms with Gasteiger partial charge in [0, 0.05) is 23.2 Å². The fraction of sp³-hybridized carbons (Fsp3) is 0.350. The van der Waals surface area contributed by atoms with Crippen LogP contribution in [-0.4, -0.2) is 31.3 Å². The summed E-state index contributed by atoms with van der Waals surface area (Å²) in [4.78, 5) is 11.0. The van der Waals surface area contributed by atoms with Gasteiger partial charge in [-0.1, -0.05) is 28.1 Å². The molecule has 0 aliphatic rings. The van der Waals surface area contributed by atoms with Gasteiger partial charge in [-0.2, -0.15) is 0 Å². The van der Waals surface area contributed by atoms with E-state index in [4.69, 9.17) is 19.3 Å². The lowest BCUT2D eigenvalue weighted by Crippen LogP contribution is -2.33. The highest BCUT2D eigenvalue weighted by Gasteiger charge is 2.17. The number of methoxy groups -OCH3 is 2. The normalized spacial score (nSPS) is 11.7. The van der Waals surface area contributed by atoms with Crippen molar-refractivity contribution in [1.82, 2.24) is 5.32 Å². The standard InChI is InChI=1S/C20H24BrNO5/c1-12-14(6-5-7-17(12)21)11-27-15-8-18(25-3)16(19(9-15)26-4)10-22-13(2)20(23)24/h5-9,13,22H,10-11H2,1-4H3,(H,23,24)/t13-/m1/s1. The average Bonchev–Trinajstić information content (AvgIpc) is 2.66. The maximum absolute atomic E-state index is 11.0. The fourth-order valence-corrected chi connectivity index (χ4v) is 2.94. The number of carbonyl (C=O) groups is 1. The smallest absolute Gasteiger partial charge is 0.320 e. The zero-order valence-electron chi connectivity index (χ0n) is 15.8. The van der Waals surface area contributed by atoms with Crippen LogP contribution in [0.2, 0.25) is 0 Å². The summed E-state index contributed by atoms with van der Waals surface area (Å²) in [7, 11) is 3.11. The minimum atomic E-state index is -0.919. The topological polar surface area (TPSA) is 77.0 Å². The minimum absolute atomic E-state index is 0.296. The zero-order valence-corrected chi connectivity index (χ0v) is 17.4. The number of nitrogens with one attached hydrogen (secondary N) is 1. The van der Waals surface area contributed by atoms with Crippen LogP contribution in [0.1, 0.15) is 23.6 Å². The Morgan fingerprint density at radius 1 is 1.22 bits per heavy atom. The van der Waals surface area contributed by atoms with Crippen LogP contribution >= 0.6 is 15.9 Å². The Bertz CT molecular complexity index is 784. The Kier molecular flexibility index (Phi) is 7.50. The van der Waals surface area contributed by atoms with Crippen molar-refractivity contribution in [1.29, 1.82) is 0 Å². The van der Waals surface area contributed by atoms with Gasteiger partial charge in [-0.15, -0.1) is 0 Å². The first-order valence-corrected chi connectivity index (χ1v) is 9.24. The first-order chi connectivity index (χ1) is 12.9.